The lowest BCUT2D eigenvalue weighted by molar-refractivity contribution is -0.123. The highest BCUT2D eigenvalue weighted by Crippen LogP contribution is 2.10. The van der Waals surface area contributed by atoms with Gasteiger partial charge in [-0.2, -0.15) is 0 Å². The first-order valence-electron chi connectivity index (χ1n) is 5.97. The van der Waals surface area contributed by atoms with Crippen molar-refractivity contribution in [1.82, 2.24) is 5.32 Å². The molecule has 18 heavy (non-hydrogen) atoms. The number of amides is 1. The van der Waals surface area contributed by atoms with E-state index in [1.807, 2.05) is 6.92 Å². The van der Waals surface area contributed by atoms with E-state index in [-0.39, 0.29) is 24.3 Å². The van der Waals surface area contributed by atoms with Crippen molar-refractivity contribution >= 4 is 5.91 Å². The number of phenols is 1. The van der Waals surface area contributed by atoms with Crippen molar-refractivity contribution in [2.75, 3.05) is 6.61 Å². The van der Waals surface area contributed by atoms with E-state index in [0.717, 1.165) is 5.56 Å². The summed E-state index contributed by atoms with van der Waals surface area (Å²) in [5.41, 5.74) is 6.69. The largest absolute Gasteiger partial charge is 0.508 e. The van der Waals surface area contributed by atoms with Gasteiger partial charge in [0.2, 0.25) is 5.91 Å². The second-order valence-electron chi connectivity index (χ2n) is 4.40. The van der Waals surface area contributed by atoms with Crippen LogP contribution in [0.5, 0.6) is 5.75 Å². The lowest BCUT2D eigenvalue weighted by Crippen LogP contribution is -2.45. The molecular formula is C13H20N2O3. The standard InChI is InChI=1S/C13H20N2O3/c1-9(6-7-16)15-13(18)12(14)8-10-2-4-11(17)5-3-10/h2-5,9,12,16-17H,6-8,14H2,1H3,(H,15,18)/t9?,12-/m0/s1. The minimum atomic E-state index is -0.629. The van der Waals surface area contributed by atoms with Gasteiger partial charge in [-0.05, 0) is 37.5 Å². The van der Waals surface area contributed by atoms with Gasteiger partial charge in [-0.3, -0.25) is 4.79 Å². The number of rotatable bonds is 6. The third kappa shape index (κ3) is 4.73. The number of hydrogen-bond acceptors (Lipinski definition) is 4. The Labute approximate surface area is 107 Å². The molecule has 1 unspecified atom stereocenters. The normalized spacial score (nSPS) is 13.9. The van der Waals surface area contributed by atoms with E-state index in [0.29, 0.717) is 12.8 Å². The first kappa shape index (κ1) is 14.5. The van der Waals surface area contributed by atoms with Crippen molar-refractivity contribution in [2.45, 2.75) is 31.8 Å². The zero-order valence-corrected chi connectivity index (χ0v) is 10.5. The molecule has 5 heteroatoms. The van der Waals surface area contributed by atoms with Gasteiger partial charge in [-0.15, -0.1) is 0 Å². The fourth-order valence-electron chi connectivity index (χ4n) is 1.59. The van der Waals surface area contributed by atoms with E-state index in [1.165, 1.54) is 0 Å². The minimum Gasteiger partial charge on any atom is -0.508 e. The lowest BCUT2D eigenvalue weighted by Gasteiger charge is -2.16. The van der Waals surface area contributed by atoms with Gasteiger partial charge in [-0.25, -0.2) is 0 Å². The lowest BCUT2D eigenvalue weighted by atomic mass is 10.1. The average molecular weight is 252 g/mol. The van der Waals surface area contributed by atoms with Gasteiger partial charge in [0.1, 0.15) is 5.75 Å². The Hall–Kier alpha value is -1.59. The predicted octanol–water partition coefficient (Wildman–Crippen LogP) is 0.149. The van der Waals surface area contributed by atoms with E-state index in [2.05, 4.69) is 5.32 Å². The monoisotopic (exact) mass is 252 g/mol. The van der Waals surface area contributed by atoms with Gasteiger partial charge in [0.25, 0.3) is 0 Å². The Morgan fingerprint density at radius 2 is 2.00 bits per heavy atom. The zero-order chi connectivity index (χ0) is 13.5. The van der Waals surface area contributed by atoms with Gasteiger partial charge < -0.3 is 21.3 Å². The topological polar surface area (TPSA) is 95.6 Å². The fraction of sp³-hybridized carbons (Fsp3) is 0.462. The smallest absolute Gasteiger partial charge is 0.237 e. The number of nitrogens with one attached hydrogen (secondary N) is 1. The maximum absolute atomic E-state index is 11.7. The average Bonchev–Trinajstić information content (AvgIpc) is 2.32. The van der Waals surface area contributed by atoms with Crippen LogP contribution in [-0.4, -0.2) is 34.8 Å². The molecule has 0 aromatic heterocycles. The molecule has 1 rings (SSSR count). The van der Waals surface area contributed by atoms with Crippen molar-refractivity contribution in [2.24, 2.45) is 5.73 Å². The van der Waals surface area contributed by atoms with Crippen LogP contribution in [0.25, 0.3) is 0 Å². The second-order valence-corrected chi connectivity index (χ2v) is 4.40. The first-order valence-corrected chi connectivity index (χ1v) is 5.97. The molecule has 0 aliphatic rings. The third-order valence-electron chi connectivity index (χ3n) is 2.68. The number of carbonyl (C=O) groups is 1. The number of aliphatic hydroxyl groups is 1. The van der Waals surface area contributed by atoms with Gasteiger partial charge in [0.15, 0.2) is 0 Å². The maximum atomic E-state index is 11.7. The van der Waals surface area contributed by atoms with Crippen LogP contribution < -0.4 is 11.1 Å². The Morgan fingerprint density at radius 1 is 1.39 bits per heavy atom. The molecule has 1 aromatic rings. The molecule has 2 atom stereocenters. The number of nitrogens with two attached hydrogens (primary N) is 1. The number of aromatic hydroxyl groups is 1. The summed E-state index contributed by atoms with van der Waals surface area (Å²) < 4.78 is 0. The van der Waals surface area contributed by atoms with Crippen LogP contribution in [0.4, 0.5) is 0 Å². The van der Waals surface area contributed by atoms with Crippen LogP contribution in [0.3, 0.4) is 0 Å². The van der Waals surface area contributed by atoms with Gasteiger partial charge >= 0.3 is 0 Å². The van der Waals surface area contributed by atoms with Crippen LogP contribution in [0.2, 0.25) is 0 Å². The quantitative estimate of drug-likeness (QED) is 0.579. The first-order chi connectivity index (χ1) is 8.52. The van der Waals surface area contributed by atoms with Crippen molar-refractivity contribution < 1.29 is 15.0 Å². The summed E-state index contributed by atoms with van der Waals surface area (Å²) in [4.78, 5) is 11.7. The third-order valence-corrected chi connectivity index (χ3v) is 2.68. The SMILES string of the molecule is CC(CCO)NC(=O)[C@@H](N)Cc1ccc(O)cc1. The van der Waals surface area contributed by atoms with Crippen LogP contribution >= 0.6 is 0 Å². The molecule has 1 aromatic carbocycles. The Balaban J connectivity index is 2.46. The Bertz CT molecular complexity index is 378. The molecule has 1 amide bonds. The number of benzene rings is 1. The zero-order valence-electron chi connectivity index (χ0n) is 10.5. The highest BCUT2D eigenvalue weighted by atomic mass is 16.3. The van der Waals surface area contributed by atoms with Gasteiger partial charge in [0.05, 0.1) is 6.04 Å². The molecular weight excluding hydrogens is 232 g/mol. The van der Waals surface area contributed by atoms with Crippen LogP contribution in [0.1, 0.15) is 18.9 Å². The fourth-order valence-corrected chi connectivity index (χ4v) is 1.59. The van der Waals surface area contributed by atoms with Crippen molar-refractivity contribution in [3.63, 3.8) is 0 Å². The number of hydrogen-bond donors (Lipinski definition) is 4. The number of carbonyl (C=O) groups excluding carboxylic acids is 1. The predicted molar refractivity (Wildman–Crippen MR) is 69.1 cm³/mol. The molecule has 5 N–H and O–H groups in total. The molecule has 0 heterocycles. The molecule has 0 saturated heterocycles. The highest BCUT2D eigenvalue weighted by Gasteiger charge is 2.15. The Kier molecular flexibility index (Phi) is 5.61. The molecule has 0 radical (unpaired) electrons. The van der Waals surface area contributed by atoms with Crippen molar-refractivity contribution in [1.29, 1.82) is 0 Å². The number of aliphatic hydroxyl groups excluding tert-OH is 1. The van der Waals surface area contributed by atoms with Gasteiger partial charge in [-0.1, -0.05) is 12.1 Å². The molecule has 0 spiro atoms. The van der Waals surface area contributed by atoms with Crippen molar-refractivity contribution in [3.05, 3.63) is 29.8 Å². The molecule has 0 saturated carbocycles. The summed E-state index contributed by atoms with van der Waals surface area (Å²) in [5, 5.41) is 20.6. The summed E-state index contributed by atoms with van der Waals surface area (Å²) in [7, 11) is 0. The Morgan fingerprint density at radius 3 is 2.56 bits per heavy atom. The summed E-state index contributed by atoms with van der Waals surface area (Å²) in [6.45, 7) is 1.86. The molecule has 0 bridgehead atoms. The summed E-state index contributed by atoms with van der Waals surface area (Å²) in [6.07, 6.45) is 0.926. The van der Waals surface area contributed by atoms with E-state index in [4.69, 9.17) is 15.9 Å². The minimum absolute atomic E-state index is 0.0364. The van der Waals surface area contributed by atoms with E-state index in [9.17, 15) is 4.79 Å². The van der Waals surface area contributed by atoms with E-state index in [1.54, 1.807) is 24.3 Å². The maximum Gasteiger partial charge on any atom is 0.237 e. The van der Waals surface area contributed by atoms with Crippen molar-refractivity contribution in [3.8, 4) is 5.75 Å². The van der Waals surface area contributed by atoms with E-state index >= 15 is 0 Å². The van der Waals surface area contributed by atoms with Crippen LogP contribution in [-0.2, 0) is 11.2 Å². The molecule has 0 aliphatic carbocycles. The molecule has 5 nitrogen and oxygen atoms in total. The summed E-state index contributed by atoms with van der Waals surface area (Å²) in [5.74, 6) is -0.0441. The van der Waals surface area contributed by atoms with Crippen LogP contribution in [0, 0.1) is 0 Å². The molecule has 100 valence electrons. The second kappa shape index (κ2) is 6.98. The van der Waals surface area contributed by atoms with Gasteiger partial charge in [0, 0.05) is 12.6 Å². The highest BCUT2D eigenvalue weighted by molar-refractivity contribution is 5.82. The summed E-state index contributed by atoms with van der Waals surface area (Å²) >= 11 is 0. The van der Waals surface area contributed by atoms with Crippen LogP contribution in [0.15, 0.2) is 24.3 Å². The number of phenolic OH excluding ortho intramolecular Hbond substituents is 1. The van der Waals surface area contributed by atoms with E-state index < -0.39 is 6.04 Å². The molecule has 0 aliphatic heterocycles. The summed E-state index contributed by atoms with van der Waals surface area (Å²) in [6, 6.07) is 5.88. The molecule has 0 fully saturated rings.